The fraction of sp³-hybridized carbons (Fsp3) is 0.923. The minimum Gasteiger partial charge on any atom is -0.396 e. The van der Waals surface area contributed by atoms with E-state index in [4.69, 9.17) is 5.11 Å². The molecule has 2 N–H and O–H groups in total. The van der Waals surface area contributed by atoms with Crippen LogP contribution in [0.1, 0.15) is 58.8 Å². The van der Waals surface area contributed by atoms with E-state index in [2.05, 4.69) is 5.32 Å². The van der Waals surface area contributed by atoms with Gasteiger partial charge in [0.05, 0.1) is 0 Å². The summed E-state index contributed by atoms with van der Waals surface area (Å²) in [6.45, 7) is 4.03. The lowest BCUT2D eigenvalue weighted by atomic mass is 9.99. The van der Waals surface area contributed by atoms with Crippen LogP contribution < -0.4 is 5.32 Å². The number of carbonyl (C=O) groups excluding carboxylic acids is 1. The molecule has 0 aromatic heterocycles. The van der Waals surface area contributed by atoms with Crippen LogP contribution in [0.25, 0.3) is 0 Å². The standard InChI is InChI=1S/C13H25NO2/c1-13(2,9-10-15)14-12(16)8-7-11-5-3-4-6-11/h11,15H,3-10H2,1-2H3,(H,14,16). The van der Waals surface area contributed by atoms with Gasteiger partial charge in [-0.1, -0.05) is 25.7 Å². The van der Waals surface area contributed by atoms with Crippen LogP contribution in [0.15, 0.2) is 0 Å². The Labute approximate surface area is 98.6 Å². The summed E-state index contributed by atoms with van der Waals surface area (Å²) >= 11 is 0. The molecule has 1 fully saturated rings. The molecule has 3 nitrogen and oxygen atoms in total. The number of carbonyl (C=O) groups is 1. The summed E-state index contributed by atoms with van der Waals surface area (Å²) in [5.41, 5.74) is -0.276. The molecule has 0 unspecified atom stereocenters. The Morgan fingerprint density at radius 2 is 2.00 bits per heavy atom. The van der Waals surface area contributed by atoms with E-state index in [9.17, 15) is 4.79 Å². The summed E-state index contributed by atoms with van der Waals surface area (Å²) in [5, 5.41) is 11.8. The molecule has 1 rings (SSSR count). The Morgan fingerprint density at radius 1 is 1.38 bits per heavy atom. The van der Waals surface area contributed by atoms with Crippen molar-refractivity contribution in [2.75, 3.05) is 6.61 Å². The first-order valence-electron chi connectivity index (χ1n) is 6.45. The molecule has 94 valence electrons. The average Bonchev–Trinajstić information content (AvgIpc) is 2.66. The van der Waals surface area contributed by atoms with E-state index in [0.29, 0.717) is 12.8 Å². The third-order valence-electron chi connectivity index (χ3n) is 3.47. The van der Waals surface area contributed by atoms with Crippen LogP contribution in [0.2, 0.25) is 0 Å². The molecule has 0 aromatic rings. The zero-order valence-corrected chi connectivity index (χ0v) is 10.6. The van der Waals surface area contributed by atoms with Crippen LogP contribution in [0.5, 0.6) is 0 Å². The van der Waals surface area contributed by atoms with Gasteiger partial charge in [0, 0.05) is 18.6 Å². The molecular weight excluding hydrogens is 202 g/mol. The molecule has 16 heavy (non-hydrogen) atoms. The number of nitrogens with one attached hydrogen (secondary N) is 1. The zero-order valence-electron chi connectivity index (χ0n) is 10.6. The number of amides is 1. The summed E-state index contributed by atoms with van der Waals surface area (Å²) in [5.74, 6) is 0.900. The van der Waals surface area contributed by atoms with Gasteiger partial charge in [-0.2, -0.15) is 0 Å². The summed E-state index contributed by atoms with van der Waals surface area (Å²) in [7, 11) is 0. The van der Waals surface area contributed by atoms with Crippen molar-refractivity contribution in [3.8, 4) is 0 Å². The first-order valence-corrected chi connectivity index (χ1v) is 6.45. The van der Waals surface area contributed by atoms with Crippen molar-refractivity contribution in [2.45, 2.75) is 64.3 Å². The Morgan fingerprint density at radius 3 is 2.56 bits per heavy atom. The van der Waals surface area contributed by atoms with Crippen LogP contribution in [-0.4, -0.2) is 23.2 Å². The van der Waals surface area contributed by atoms with Gasteiger partial charge in [-0.05, 0) is 32.6 Å². The fourth-order valence-electron chi connectivity index (χ4n) is 2.42. The van der Waals surface area contributed by atoms with Crippen molar-refractivity contribution in [2.24, 2.45) is 5.92 Å². The van der Waals surface area contributed by atoms with E-state index < -0.39 is 0 Å². The summed E-state index contributed by atoms with van der Waals surface area (Å²) in [6.07, 6.45) is 7.55. The van der Waals surface area contributed by atoms with E-state index in [0.717, 1.165) is 12.3 Å². The Balaban J connectivity index is 2.19. The van der Waals surface area contributed by atoms with Crippen LogP contribution in [-0.2, 0) is 4.79 Å². The first kappa shape index (κ1) is 13.5. The minimum atomic E-state index is -0.276. The molecule has 0 aromatic carbocycles. The molecule has 1 aliphatic rings. The first-order chi connectivity index (χ1) is 7.53. The van der Waals surface area contributed by atoms with Crippen LogP contribution >= 0.6 is 0 Å². The second-order valence-corrected chi connectivity index (χ2v) is 5.59. The molecule has 1 amide bonds. The maximum Gasteiger partial charge on any atom is 0.220 e. The van der Waals surface area contributed by atoms with Crippen molar-refractivity contribution in [1.29, 1.82) is 0 Å². The van der Waals surface area contributed by atoms with Gasteiger partial charge in [0.25, 0.3) is 0 Å². The van der Waals surface area contributed by atoms with E-state index in [1.807, 2.05) is 13.8 Å². The van der Waals surface area contributed by atoms with Gasteiger partial charge < -0.3 is 10.4 Å². The fourth-order valence-corrected chi connectivity index (χ4v) is 2.42. The maximum atomic E-state index is 11.7. The second-order valence-electron chi connectivity index (χ2n) is 5.59. The minimum absolute atomic E-state index is 0.121. The zero-order chi connectivity index (χ0) is 12.0. The lowest BCUT2D eigenvalue weighted by molar-refractivity contribution is -0.123. The van der Waals surface area contributed by atoms with E-state index in [1.165, 1.54) is 25.7 Å². The normalized spacial score (nSPS) is 17.7. The van der Waals surface area contributed by atoms with Crippen molar-refractivity contribution in [3.63, 3.8) is 0 Å². The molecule has 0 heterocycles. The van der Waals surface area contributed by atoms with E-state index in [1.54, 1.807) is 0 Å². The quantitative estimate of drug-likeness (QED) is 0.731. The molecule has 0 bridgehead atoms. The van der Waals surface area contributed by atoms with E-state index in [-0.39, 0.29) is 18.1 Å². The molecule has 0 radical (unpaired) electrons. The van der Waals surface area contributed by atoms with E-state index >= 15 is 0 Å². The Bertz CT molecular complexity index is 220. The summed E-state index contributed by atoms with van der Waals surface area (Å²) in [4.78, 5) is 11.7. The highest BCUT2D eigenvalue weighted by Crippen LogP contribution is 2.28. The molecule has 3 heteroatoms. The van der Waals surface area contributed by atoms with Gasteiger partial charge in [0.15, 0.2) is 0 Å². The average molecular weight is 227 g/mol. The van der Waals surface area contributed by atoms with Gasteiger partial charge in [0.2, 0.25) is 5.91 Å². The number of aliphatic hydroxyl groups excluding tert-OH is 1. The lowest BCUT2D eigenvalue weighted by Crippen LogP contribution is -2.44. The second kappa shape index (κ2) is 6.24. The predicted molar refractivity (Wildman–Crippen MR) is 65.1 cm³/mol. The Hall–Kier alpha value is -0.570. The number of hydrogen-bond acceptors (Lipinski definition) is 2. The van der Waals surface area contributed by atoms with Gasteiger partial charge in [-0.25, -0.2) is 0 Å². The molecule has 1 aliphatic carbocycles. The van der Waals surface area contributed by atoms with Crippen molar-refractivity contribution < 1.29 is 9.90 Å². The van der Waals surface area contributed by atoms with Crippen molar-refractivity contribution in [3.05, 3.63) is 0 Å². The molecule has 0 aliphatic heterocycles. The third kappa shape index (κ3) is 4.97. The van der Waals surface area contributed by atoms with Gasteiger partial charge in [-0.3, -0.25) is 4.79 Å². The highest BCUT2D eigenvalue weighted by molar-refractivity contribution is 5.76. The highest BCUT2D eigenvalue weighted by Gasteiger charge is 2.21. The van der Waals surface area contributed by atoms with Gasteiger partial charge >= 0.3 is 0 Å². The largest absolute Gasteiger partial charge is 0.396 e. The Kier molecular flexibility index (Phi) is 5.26. The molecular formula is C13H25NO2. The topological polar surface area (TPSA) is 49.3 Å². The monoisotopic (exact) mass is 227 g/mol. The van der Waals surface area contributed by atoms with Crippen LogP contribution in [0, 0.1) is 5.92 Å². The number of aliphatic hydroxyl groups is 1. The SMILES string of the molecule is CC(C)(CCO)NC(=O)CCC1CCCC1. The highest BCUT2D eigenvalue weighted by atomic mass is 16.3. The molecule has 0 saturated heterocycles. The number of hydrogen-bond donors (Lipinski definition) is 2. The maximum absolute atomic E-state index is 11.7. The van der Waals surface area contributed by atoms with Crippen LogP contribution in [0.3, 0.4) is 0 Å². The lowest BCUT2D eigenvalue weighted by Gasteiger charge is -2.25. The summed E-state index contributed by atoms with van der Waals surface area (Å²) < 4.78 is 0. The smallest absolute Gasteiger partial charge is 0.220 e. The number of rotatable bonds is 6. The van der Waals surface area contributed by atoms with Gasteiger partial charge in [0.1, 0.15) is 0 Å². The molecule has 0 atom stereocenters. The van der Waals surface area contributed by atoms with Crippen molar-refractivity contribution in [1.82, 2.24) is 5.32 Å². The third-order valence-corrected chi connectivity index (χ3v) is 3.47. The summed E-state index contributed by atoms with van der Waals surface area (Å²) in [6, 6.07) is 0. The van der Waals surface area contributed by atoms with Gasteiger partial charge in [-0.15, -0.1) is 0 Å². The molecule has 0 spiro atoms. The predicted octanol–water partition coefficient (Wildman–Crippen LogP) is 2.23. The molecule has 1 saturated carbocycles. The van der Waals surface area contributed by atoms with Crippen LogP contribution in [0.4, 0.5) is 0 Å². The van der Waals surface area contributed by atoms with Crippen molar-refractivity contribution >= 4 is 5.91 Å².